The first kappa shape index (κ1) is 15.0. The molecule has 8 nitrogen and oxygen atoms in total. The molecule has 3 aromatic heterocycles. The minimum atomic E-state index is -0.408. The third-order valence-electron chi connectivity index (χ3n) is 3.86. The molecule has 0 fully saturated rings. The Morgan fingerprint density at radius 2 is 2.04 bits per heavy atom. The van der Waals surface area contributed by atoms with Gasteiger partial charge in [-0.2, -0.15) is 0 Å². The molecule has 0 saturated carbocycles. The van der Waals surface area contributed by atoms with Crippen molar-refractivity contribution in [1.29, 1.82) is 0 Å². The number of fused-ring (bicyclic) bond motifs is 2. The fourth-order valence-corrected chi connectivity index (χ4v) is 2.65. The molecule has 4 rings (SSSR count). The van der Waals surface area contributed by atoms with Crippen LogP contribution in [0.1, 0.15) is 27.8 Å². The van der Waals surface area contributed by atoms with Crippen molar-refractivity contribution < 1.29 is 14.0 Å². The normalized spacial score (nSPS) is 11.1. The highest BCUT2D eigenvalue weighted by atomic mass is 16.3. The summed E-state index contributed by atoms with van der Waals surface area (Å²) in [6.07, 6.45) is 1.44. The summed E-state index contributed by atoms with van der Waals surface area (Å²) < 4.78 is 7.09. The Bertz CT molecular complexity index is 1140. The van der Waals surface area contributed by atoms with Crippen LogP contribution in [0.25, 0.3) is 22.1 Å². The molecule has 0 aliphatic carbocycles. The van der Waals surface area contributed by atoms with E-state index in [-0.39, 0.29) is 11.5 Å². The zero-order valence-electron chi connectivity index (χ0n) is 13.5. The third-order valence-corrected chi connectivity index (χ3v) is 3.86. The number of rotatable bonds is 3. The quantitative estimate of drug-likeness (QED) is 0.577. The topological polar surface area (TPSA) is 103 Å². The number of nitrogens with one attached hydrogen (secondary N) is 1. The van der Waals surface area contributed by atoms with E-state index >= 15 is 0 Å². The van der Waals surface area contributed by atoms with E-state index in [0.29, 0.717) is 33.4 Å². The monoisotopic (exact) mass is 335 g/mol. The predicted octanol–water partition coefficient (Wildman–Crippen LogP) is 2.56. The van der Waals surface area contributed by atoms with Gasteiger partial charge in [-0.05, 0) is 18.2 Å². The van der Waals surface area contributed by atoms with Crippen LogP contribution < -0.4 is 5.32 Å². The van der Waals surface area contributed by atoms with Crippen LogP contribution in [0, 0.1) is 0 Å². The number of aryl methyl sites for hydroxylation is 1. The van der Waals surface area contributed by atoms with Gasteiger partial charge in [-0.1, -0.05) is 17.3 Å². The average Bonchev–Trinajstić information content (AvgIpc) is 3.16. The van der Waals surface area contributed by atoms with Gasteiger partial charge in [0, 0.05) is 25.6 Å². The molecule has 1 amide bonds. The van der Waals surface area contributed by atoms with Gasteiger partial charge in [0.2, 0.25) is 0 Å². The smallest absolute Gasteiger partial charge is 0.257 e. The van der Waals surface area contributed by atoms with Crippen LogP contribution in [0.5, 0.6) is 0 Å². The van der Waals surface area contributed by atoms with Crippen molar-refractivity contribution in [2.24, 2.45) is 7.05 Å². The standard InChI is InChI=1S/C17H13N5O3/c1-9(23)15-14(11-5-3-4-6-13(11)25-15)19-17(24)10-7-12-16(18-8-10)22(2)21-20-12/h3-8H,1-2H3,(H,19,24). The zero-order valence-corrected chi connectivity index (χ0v) is 13.5. The summed E-state index contributed by atoms with van der Waals surface area (Å²) in [6, 6.07) is 8.73. The Balaban J connectivity index is 1.75. The number of nitrogens with zero attached hydrogens (tertiary/aromatic N) is 4. The highest BCUT2D eigenvalue weighted by Gasteiger charge is 2.20. The number of hydrogen-bond acceptors (Lipinski definition) is 6. The van der Waals surface area contributed by atoms with Crippen molar-refractivity contribution in [3.05, 3.63) is 47.9 Å². The first-order valence-electron chi connectivity index (χ1n) is 7.54. The number of pyridine rings is 1. The minimum absolute atomic E-state index is 0.114. The molecule has 124 valence electrons. The highest BCUT2D eigenvalue weighted by Crippen LogP contribution is 2.31. The highest BCUT2D eigenvalue weighted by molar-refractivity contribution is 6.14. The van der Waals surface area contributed by atoms with Crippen molar-refractivity contribution in [3.8, 4) is 0 Å². The van der Waals surface area contributed by atoms with Crippen LogP contribution in [0.2, 0.25) is 0 Å². The molecule has 3 heterocycles. The number of amides is 1. The molecule has 0 spiro atoms. The largest absolute Gasteiger partial charge is 0.451 e. The molecular weight excluding hydrogens is 322 g/mol. The maximum Gasteiger partial charge on any atom is 0.257 e. The van der Waals surface area contributed by atoms with E-state index in [1.165, 1.54) is 17.8 Å². The van der Waals surface area contributed by atoms with Crippen LogP contribution in [-0.2, 0) is 7.05 Å². The number of carbonyl (C=O) groups is 2. The Morgan fingerprint density at radius 1 is 1.24 bits per heavy atom. The Kier molecular flexibility index (Phi) is 3.31. The van der Waals surface area contributed by atoms with Crippen LogP contribution in [-0.4, -0.2) is 31.7 Å². The number of para-hydroxylation sites is 1. The molecule has 4 aromatic rings. The molecule has 1 N–H and O–H groups in total. The van der Waals surface area contributed by atoms with E-state index in [1.807, 2.05) is 6.07 Å². The summed E-state index contributed by atoms with van der Waals surface area (Å²) in [4.78, 5) is 28.7. The lowest BCUT2D eigenvalue weighted by Gasteiger charge is -2.05. The van der Waals surface area contributed by atoms with Gasteiger partial charge >= 0.3 is 0 Å². The number of Topliss-reactive ketones (excluding diaryl/α,β-unsaturated/α-hetero) is 1. The van der Waals surface area contributed by atoms with E-state index in [0.717, 1.165) is 0 Å². The van der Waals surface area contributed by atoms with Crippen molar-refractivity contribution >= 4 is 39.5 Å². The molecule has 0 atom stereocenters. The summed E-state index contributed by atoms with van der Waals surface area (Å²) in [5.41, 5.74) is 2.29. The average molecular weight is 335 g/mol. The molecule has 0 unspecified atom stereocenters. The Hall–Kier alpha value is -3.55. The lowest BCUT2D eigenvalue weighted by Crippen LogP contribution is -2.14. The number of anilines is 1. The van der Waals surface area contributed by atoms with Crippen molar-refractivity contribution in [2.45, 2.75) is 6.92 Å². The molecule has 0 aliphatic heterocycles. The number of benzene rings is 1. The lowest BCUT2D eigenvalue weighted by atomic mass is 10.2. The maximum absolute atomic E-state index is 12.6. The lowest BCUT2D eigenvalue weighted by molar-refractivity contribution is 0.0990. The molecule has 8 heteroatoms. The van der Waals surface area contributed by atoms with E-state index in [9.17, 15) is 9.59 Å². The molecule has 25 heavy (non-hydrogen) atoms. The minimum Gasteiger partial charge on any atom is -0.451 e. The molecule has 0 saturated heterocycles. The fourth-order valence-electron chi connectivity index (χ4n) is 2.65. The molecule has 0 aliphatic rings. The second-order valence-electron chi connectivity index (χ2n) is 5.59. The second kappa shape index (κ2) is 5.52. The van der Waals surface area contributed by atoms with Gasteiger partial charge in [0.05, 0.1) is 11.3 Å². The van der Waals surface area contributed by atoms with Crippen LogP contribution in [0.4, 0.5) is 5.69 Å². The van der Waals surface area contributed by atoms with E-state index < -0.39 is 5.91 Å². The first-order valence-corrected chi connectivity index (χ1v) is 7.54. The number of aromatic nitrogens is 4. The summed E-state index contributed by atoms with van der Waals surface area (Å²) in [6.45, 7) is 1.39. The molecule has 0 bridgehead atoms. The van der Waals surface area contributed by atoms with E-state index in [2.05, 4.69) is 20.6 Å². The molecule has 1 aromatic carbocycles. The summed E-state index contributed by atoms with van der Waals surface area (Å²) in [5.74, 6) is -0.564. The summed E-state index contributed by atoms with van der Waals surface area (Å²) in [5, 5.41) is 11.2. The number of furan rings is 1. The Morgan fingerprint density at radius 3 is 2.84 bits per heavy atom. The summed E-state index contributed by atoms with van der Waals surface area (Å²) in [7, 11) is 1.72. The van der Waals surface area contributed by atoms with Crippen molar-refractivity contribution in [2.75, 3.05) is 5.32 Å². The third kappa shape index (κ3) is 2.44. The van der Waals surface area contributed by atoms with Crippen LogP contribution in [0.15, 0.2) is 40.9 Å². The van der Waals surface area contributed by atoms with E-state index in [1.54, 1.807) is 31.3 Å². The van der Waals surface area contributed by atoms with Crippen LogP contribution in [0.3, 0.4) is 0 Å². The van der Waals surface area contributed by atoms with Gasteiger partial charge in [-0.15, -0.1) is 5.10 Å². The van der Waals surface area contributed by atoms with Crippen molar-refractivity contribution in [3.63, 3.8) is 0 Å². The number of carbonyl (C=O) groups excluding carboxylic acids is 2. The number of ketones is 1. The molecular formula is C17H13N5O3. The van der Waals surface area contributed by atoms with Gasteiger partial charge in [0.1, 0.15) is 11.1 Å². The predicted molar refractivity (Wildman–Crippen MR) is 90.5 cm³/mol. The number of hydrogen-bond donors (Lipinski definition) is 1. The first-order chi connectivity index (χ1) is 12.0. The van der Waals surface area contributed by atoms with Gasteiger partial charge in [-0.25, -0.2) is 9.67 Å². The van der Waals surface area contributed by atoms with Gasteiger partial charge in [-0.3, -0.25) is 9.59 Å². The van der Waals surface area contributed by atoms with Gasteiger partial charge < -0.3 is 9.73 Å². The molecule has 0 radical (unpaired) electrons. The fraction of sp³-hybridized carbons (Fsp3) is 0.118. The summed E-state index contributed by atoms with van der Waals surface area (Å²) >= 11 is 0. The zero-order chi connectivity index (χ0) is 17.6. The van der Waals surface area contributed by atoms with Gasteiger partial charge in [0.25, 0.3) is 5.91 Å². The SMILES string of the molecule is CC(=O)c1oc2ccccc2c1NC(=O)c1cnc2c(c1)nnn2C. The van der Waals surface area contributed by atoms with Gasteiger partial charge in [0.15, 0.2) is 17.2 Å². The second-order valence-corrected chi connectivity index (χ2v) is 5.59. The Labute approximate surface area is 141 Å². The van der Waals surface area contributed by atoms with Crippen molar-refractivity contribution in [1.82, 2.24) is 20.0 Å². The van der Waals surface area contributed by atoms with E-state index in [4.69, 9.17) is 4.42 Å². The maximum atomic E-state index is 12.6. The van der Waals surface area contributed by atoms with Crippen LogP contribution >= 0.6 is 0 Å².